The summed E-state index contributed by atoms with van der Waals surface area (Å²) in [5, 5.41) is 0. The van der Waals surface area contributed by atoms with Gasteiger partial charge in [-0.05, 0) is 21.0 Å². The Hall–Kier alpha value is -0.370. The third kappa shape index (κ3) is 5.63. The van der Waals surface area contributed by atoms with Crippen molar-refractivity contribution in [3.8, 4) is 0 Å². The molecule has 0 atom stereocenters. The first-order valence-electron chi connectivity index (χ1n) is 2.90. The molecule has 0 rings (SSSR count). The maximum atomic E-state index is 4.05. The van der Waals surface area contributed by atoms with Crippen LogP contribution in [-0.4, -0.2) is 38.3 Å². The highest BCUT2D eigenvalue weighted by molar-refractivity contribution is 5.59. The maximum Gasteiger partial charge on any atom is 0.0357 e. The smallest absolute Gasteiger partial charge is 0.0357 e. The fourth-order valence-corrected chi connectivity index (χ4v) is 0.350. The molecule has 0 fully saturated rings. The van der Waals surface area contributed by atoms with E-state index >= 15 is 0 Å². The summed E-state index contributed by atoms with van der Waals surface area (Å²) < 4.78 is 0. The molecule has 0 aliphatic rings. The standard InChI is InChI=1S/C6H14N2/c1-4-7-5-6-8(2)3/h5H,4,6H2,1-3H3/b7-5+. The van der Waals surface area contributed by atoms with Gasteiger partial charge in [-0.25, -0.2) is 0 Å². The van der Waals surface area contributed by atoms with E-state index in [0.717, 1.165) is 13.1 Å². The molecule has 0 aromatic rings. The average molecular weight is 114 g/mol. The Balaban J connectivity index is 3.03. The second-order valence-corrected chi connectivity index (χ2v) is 1.94. The molecule has 0 bridgehead atoms. The van der Waals surface area contributed by atoms with Gasteiger partial charge >= 0.3 is 0 Å². The van der Waals surface area contributed by atoms with Crippen LogP contribution in [0.25, 0.3) is 0 Å². The lowest BCUT2D eigenvalue weighted by molar-refractivity contribution is 0.473. The minimum absolute atomic E-state index is 0.897. The van der Waals surface area contributed by atoms with Crippen molar-refractivity contribution in [1.82, 2.24) is 4.90 Å². The van der Waals surface area contributed by atoms with Crippen molar-refractivity contribution in [3.63, 3.8) is 0 Å². The molecule has 2 nitrogen and oxygen atoms in total. The van der Waals surface area contributed by atoms with Gasteiger partial charge < -0.3 is 4.90 Å². The van der Waals surface area contributed by atoms with Gasteiger partial charge in [0.1, 0.15) is 0 Å². The summed E-state index contributed by atoms with van der Waals surface area (Å²) >= 11 is 0. The van der Waals surface area contributed by atoms with Crippen LogP contribution in [0, 0.1) is 0 Å². The number of hydrogen-bond donors (Lipinski definition) is 0. The Bertz CT molecular complexity index is 66.9. The first-order chi connectivity index (χ1) is 3.77. The molecular weight excluding hydrogens is 100 g/mol. The summed E-state index contributed by atoms with van der Waals surface area (Å²) in [6.07, 6.45) is 1.93. The zero-order chi connectivity index (χ0) is 6.41. The van der Waals surface area contributed by atoms with Gasteiger partial charge in [0.2, 0.25) is 0 Å². The van der Waals surface area contributed by atoms with Crippen molar-refractivity contribution in [2.24, 2.45) is 4.99 Å². The van der Waals surface area contributed by atoms with Gasteiger partial charge in [0.05, 0.1) is 0 Å². The van der Waals surface area contributed by atoms with E-state index in [4.69, 9.17) is 0 Å². The molecule has 0 aromatic heterocycles. The first-order valence-corrected chi connectivity index (χ1v) is 2.90. The van der Waals surface area contributed by atoms with Crippen LogP contribution in [0.2, 0.25) is 0 Å². The molecule has 0 radical (unpaired) electrons. The van der Waals surface area contributed by atoms with Gasteiger partial charge in [-0.2, -0.15) is 0 Å². The summed E-state index contributed by atoms with van der Waals surface area (Å²) in [6.45, 7) is 3.88. The highest BCUT2D eigenvalue weighted by Crippen LogP contribution is 1.68. The first kappa shape index (κ1) is 7.63. The molecular formula is C6H14N2. The second-order valence-electron chi connectivity index (χ2n) is 1.94. The van der Waals surface area contributed by atoms with Crippen molar-refractivity contribution >= 4 is 6.21 Å². The predicted octanol–water partition coefficient (Wildman–Crippen LogP) is 0.639. The lowest BCUT2D eigenvalue weighted by atomic mass is 10.6. The monoisotopic (exact) mass is 114 g/mol. The molecule has 2 heteroatoms. The maximum absolute atomic E-state index is 4.05. The van der Waals surface area contributed by atoms with E-state index in [1.807, 2.05) is 27.2 Å². The zero-order valence-electron chi connectivity index (χ0n) is 5.89. The van der Waals surface area contributed by atoms with Crippen LogP contribution in [0.4, 0.5) is 0 Å². The van der Waals surface area contributed by atoms with Crippen LogP contribution in [-0.2, 0) is 0 Å². The Morgan fingerprint density at radius 1 is 1.50 bits per heavy atom. The lowest BCUT2D eigenvalue weighted by Crippen LogP contribution is -2.13. The Labute approximate surface area is 51.2 Å². The molecule has 0 aliphatic carbocycles. The largest absolute Gasteiger partial charge is 0.304 e. The third-order valence-electron chi connectivity index (χ3n) is 0.758. The van der Waals surface area contributed by atoms with Crippen molar-refractivity contribution in [3.05, 3.63) is 0 Å². The molecule has 0 aromatic carbocycles. The Kier molecular flexibility index (Phi) is 4.56. The normalized spacial score (nSPS) is 11.5. The molecule has 0 unspecified atom stereocenters. The fourth-order valence-electron chi connectivity index (χ4n) is 0.350. The highest BCUT2D eigenvalue weighted by Gasteiger charge is 1.79. The van der Waals surface area contributed by atoms with E-state index in [0.29, 0.717) is 0 Å². The summed E-state index contributed by atoms with van der Waals surface area (Å²) in [5.74, 6) is 0. The summed E-state index contributed by atoms with van der Waals surface area (Å²) in [5.41, 5.74) is 0. The van der Waals surface area contributed by atoms with E-state index in [2.05, 4.69) is 9.89 Å². The average Bonchev–Trinajstić information content (AvgIpc) is 1.66. The molecule has 0 spiro atoms. The lowest BCUT2D eigenvalue weighted by Gasteiger charge is -2.01. The van der Waals surface area contributed by atoms with E-state index in [1.54, 1.807) is 0 Å². The van der Waals surface area contributed by atoms with Gasteiger partial charge in [-0.1, -0.05) is 0 Å². The Morgan fingerprint density at radius 3 is 2.50 bits per heavy atom. The van der Waals surface area contributed by atoms with E-state index in [1.165, 1.54) is 0 Å². The van der Waals surface area contributed by atoms with Gasteiger partial charge in [0, 0.05) is 19.3 Å². The van der Waals surface area contributed by atoms with Gasteiger partial charge in [0.25, 0.3) is 0 Å². The van der Waals surface area contributed by atoms with Crippen molar-refractivity contribution in [2.45, 2.75) is 6.92 Å². The quantitative estimate of drug-likeness (QED) is 0.491. The SMILES string of the molecule is CC/N=C/CN(C)C. The molecule has 0 saturated carbocycles. The fraction of sp³-hybridized carbons (Fsp3) is 0.833. The van der Waals surface area contributed by atoms with Crippen LogP contribution < -0.4 is 0 Å². The minimum atomic E-state index is 0.897. The van der Waals surface area contributed by atoms with Crippen molar-refractivity contribution in [1.29, 1.82) is 0 Å². The van der Waals surface area contributed by atoms with Crippen LogP contribution >= 0.6 is 0 Å². The van der Waals surface area contributed by atoms with Crippen LogP contribution in [0.15, 0.2) is 4.99 Å². The second kappa shape index (κ2) is 4.78. The zero-order valence-corrected chi connectivity index (χ0v) is 5.89. The predicted molar refractivity (Wildman–Crippen MR) is 37.6 cm³/mol. The molecule has 0 saturated heterocycles. The van der Waals surface area contributed by atoms with E-state index in [9.17, 15) is 0 Å². The molecule has 0 aliphatic heterocycles. The van der Waals surface area contributed by atoms with Crippen LogP contribution in [0.1, 0.15) is 6.92 Å². The van der Waals surface area contributed by atoms with Crippen molar-refractivity contribution < 1.29 is 0 Å². The molecule has 0 amide bonds. The van der Waals surface area contributed by atoms with E-state index < -0.39 is 0 Å². The molecule has 48 valence electrons. The third-order valence-corrected chi connectivity index (χ3v) is 0.758. The summed E-state index contributed by atoms with van der Waals surface area (Å²) in [4.78, 5) is 6.13. The Morgan fingerprint density at radius 2 is 2.12 bits per heavy atom. The van der Waals surface area contributed by atoms with Gasteiger partial charge in [-0.15, -0.1) is 0 Å². The topological polar surface area (TPSA) is 15.6 Å². The van der Waals surface area contributed by atoms with Crippen LogP contribution in [0.3, 0.4) is 0 Å². The van der Waals surface area contributed by atoms with Gasteiger partial charge in [-0.3, -0.25) is 4.99 Å². The van der Waals surface area contributed by atoms with Gasteiger partial charge in [0.15, 0.2) is 0 Å². The summed E-state index contributed by atoms with van der Waals surface area (Å²) in [6, 6.07) is 0. The highest BCUT2D eigenvalue weighted by atomic mass is 15.1. The summed E-state index contributed by atoms with van der Waals surface area (Å²) in [7, 11) is 4.06. The van der Waals surface area contributed by atoms with Crippen LogP contribution in [0.5, 0.6) is 0 Å². The molecule has 0 N–H and O–H groups in total. The number of rotatable bonds is 3. The minimum Gasteiger partial charge on any atom is -0.304 e. The number of aliphatic imine (C=N–C) groups is 1. The van der Waals surface area contributed by atoms with Crippen molar-refractivity contribution in [2.75, 3.05) is 27.2 Å². The number of hydrogen-bond acceptors (Lipinski definition) is 2. The molecule has 8 heavy (non-hydrogen) atoms. The number of nitrogens with zero attached hydrogens (tertiary/aromatic N) is 2. The van der Waals surface area contributed by atoms with E-state index in [-0.39, 0.29) is 0 Å². The molecule has 0 heterocycles.